The standard InChI is InChI=1S/C17H22F3N3O2/c18-17(19,20)12-5-4-6-13(9-12)21-16(25)23-10-14(15(24)11-23)22-7-2-1-3-8-22/h4-6,9,14-15,24H,1-3,7-8,10-11H2,(H,21,25)/t14-,15-/m1/s1. The minimum atomic E-state index is -4.45. The maximum absolute atomic E-state index is 12.8. The third-order valence-electron chi connectivity index (χ3n) is 4.85. The van der Waals surface area contributed by atoms with E-state index in [4.69, 9.17) is 0 Å². The fourth-order valence-electron chi connectivity index (χ4n) is 3.52. The summed E-state index contributed by atoms with van der Waals surface area (Å²) in [7, 11) is 0. The Kier molecular flexibility index (Phi) is 5.19. The minimum absolute atomic E-state index is 0.0933. The first kappa shape index (κ1) is 18.0. The molecule has 8 heteroatoms. The number of alkyl halides is 3. The van der Waals surface area contributed by atoms with Crippen molar-refractivity contribution in [2.24, 2.45) is 0 Å². The quantitative estimate of drug-likeness (QED) is 0.856. The second kappa shape index (κ2) is 7.21. The lowest BCUT2D eigenvalue weighted by Crippen LogP contribution is -2.46. The highest BCUT2D eigenvalue weighted by Crippen LogP contribution is 2.31. The number of nitrogens with one attached hydrogen (secondary N) is 1. The second-order valence-corrected chi connectivity index (χ2v) is 6.65. The van der Waals surface area contributed by atoms with Gasteiger partial charge >= 0.3 is 12.2 Å². The zero-order valence-electron chi connectivity index (χ0n) is 13.8. The van der Waals surface area contributed by atoms with Crippen molar-refractivity contribution in [3.8, 4) is 0 Å². The second-order valence-electron chi connectivity index (χ2n) is 6.65. The molecule has 2 atom stereocenters. The van der Waals surface area contributed by atoms with Gasteiger partial charge < -0.3 is 15.3 Å². The molecule has 1 aromatic rings. The average molecular weight is 357 g/mol. The normalized spacial score (nSPS) is 25.2. The van der Waals surface area contributed by atoms with Gasteiger partial charge in [-0.3, -0.25) is 4.90 Å². The highest BCUT2D eigenvalue weighted by molar-refractivity contribution is 5.89. The first-order chi connectivity index (χ1) is 11.8. The van der Waals surface area contributed by atoms with Crippen molar-refractivity contribution in [2.75, 3.05) is 31.5 Å². The van der Waals surface area contributed by atoms with Crippen LogP contribution in [0.1, 0.15) is 24.8 Å². The predicted molar refractivity (Wildman–Crippen MR) is 87.3 cm³/mol. The van der Waals surface area contributed by atoms with E-state index in [0.29, 0.717) is 6.54 Å². The Bertz CT molecular complexity index is 617. The molecule has 2 heterocycles. The van der Waals surface area contributed by atoms with Gasteiger partial charge in [0.05, 0.1) is 24.3 Å². The lowest BCUT2D eigenvalue weighted by Gasteiger charge is -2.33. The van der Waals surface area contributed by atoms with E-state index in [2.05, 4.69) is 10.2 Å². The summed E-state index contributed by atoms with van der Waals surface area (Å²) < 4.78 is 38.3. The smallest absolute Gasteiger partial charge is 0.390 e. The Balaban J connectivity index is 1.62. The molecule has 2 aliphatic rings. The third kappa shape index (κ3) is 4.24. The van der Waals surface area contributed by atoms with Gasteiger partial charge in [-0.1, -0.05) is 12.5 Å². The number of aliphatic hydroxyl groups is 1. The number of β-amino-alcohol motifs (C(OH)–C–C–N with tert-alkyl or cyclic N) is 1. The minimum Gasteiger partial charge on any atom is -0.390 e. The van der Waals surface area contributed by atoms with Crippen molar-refractivity contribution in [2.45, 2.75) is 37.6 Å². The van der Waals surface area contributed by atoms with Crippen LogP contribution in [-0.2, 0) is 6.18 Å². The summed E-state index contributed by atoms with van der Waals surface area (Å²) in [5.41, 5.74) is -0.714. The summed E-state index contributed by atoms with van der Waals surface area (Å²) in [4.78, 5) is 16.0. The van der Waals surface area contributed by atoms with Crippen LogP contribution in [-0.4, -0.2) is 59.3 Å². The number of rotatable bonds is 2. The zero-order chi connectivity index (χ0) is 18.0. The number of nitrogens with zero attached hydrogens (tertiary/aromatic N) is 2. The van der Waals surface area contributed by atoms with Gasteiger partial charge in [-0.2, -0.15) is 13.2 Å². The molecule has 3 rings (SSSR count). The lowest BCUT2D eigenvalue weighted by molar-refractivity contribution is -0.137. The van der Waals surface area contributed by atoms with E-state index in [-0.39, 0.29) is 18.3 Å². The molecule has 2 aliphatic heterocycles. The molecular weight excluding hydrogens is 335 g/mol. The van der Waals surface area contributed by atoms with E-state index in [1.807, 2.05) is 0 Å². The topological polar surface area (TPSA) is 55.8 Å². The molecule has 2 N–H and O–H groups in total. The zero-order valence-corrected chi connectivity index (χ0v) is 13.8. The SMILES string of the molecule is O=C(Nc1cccc(C(F)(F)F)c1)N1C[C@@H](O)[C@H](N2CCCCC2)C1. The molecule has 0 aromatic heterocycles. The molecule has 5 nitrogen and oxygen atoms in total. The number of hydrogen-bond acceptors (Lipinski definition) is 3. The first-order valence-electron chi connectivity index (χ1n) is 8.50. The van der Waals surface area contributed by atoms with Crippen LogP contribution in [0.4, 0.5) is 23.7 Å². The summed E-state index contributed by atoms with van der Waals surface area (Å²) in [6.45, 7) is 2.38. The maximum atomic E-state index is 12.8. The average Bonchev–Trinajstić information content (AvgIpc) is 2.97. The van der Waals surface area contributed by atoms with Crippen LogP contribution in [0.2, 0.25) is 0 Å². The number of anilines is 1. The molecule has 1 aromatic carbocycles. The van der Waals surface area contributed by atoms with Gasteiger partial charge in [-0.15, -0.1) is 0 Å². The number of piperidine rings is 1. The largest absolute Gasteiger partial charge is 0.416 e. The van der Waals surface area contributed by atoms with Crippen LogP contribution in [0.3, 0.4) is 0 Å². The number of benzene rings is 1. The molecule has 0 spiro atoms. The fourth-order valence-corrected chi connectivity index (χ4v) is 3.52. The fraction of sp³-hybridized carbons (Fsp3) is 0.588. The van der Waals surface area contributed by atoms with E-state index >= 15 is 0 Å². The van der Waals surface area contributed by atoms with Crippen LogP contribution in [0.5, 0.6) is 0 Å². The van der Waals surface area contributed by atoms with Crippen molar-refractivity contribution in [1.29, 1.82) is 0 Å². The Labute approximate surface area is 144 Å². The van der Waals surface area contributed by atoms with Crippen LogP contribution in [0.15, 0.2) is 24.3 Å². The van der Waals surface area contributed by atoms with Crippen molar-refractivity contribution < 1.29 is 23.1 Å². The van der Waals surface area contributed by atoms with Crippen molar-refractivity contribution >= 4 is 11.7 Å². The number of likely N-dealkylation sites (tertiary alicyclic amines) is 2. The molecule has 0 radical (unpaired) electrons. The number of urea groups is 1. The Morgan fingerprint density at radius 3 is 2.56 bits per heavy atom. The number of hydrogen-bond donors (Lipinski definition) is 2. The Morgan fingerprint density at radius 2 is 1.88 bits per heavy atom. The lowest BCUT2D eigenvalue weighted by atomic mass is 10.1. The maximum Gasteiger partial charge on any atom is 0.416 e. The van der Waals surface area contributed by atoms with Gasteiger partial charge in [0.2, 0.25) is 0 Å². The summed E-state index contributed by atoms with van der Waals surface area (Å²) >= 11 is 0. The summed E-state index contributed by atoms with van der Waals surface area (Å²) in [5, 5.41) is 12.8. The van der Waals surface area contributed by atoms with Crippen LogP contribution in [0, 0.1) is 0 Å². The molecule has 138 valence electrons. The molecule has 0 aliphatic carbocycles. The van der Waals surface area contributed by atoms with Gasteiger partial charge in [0.1, 0.15) is 0 Å². The van der Waals surface area contributed by atoms with Crippen molar-refractivity contribution in [1.82, 2.24) is 9.80 Å². The first-order valence-corrected chi connectivity index (χ1v) is 8.50. The van der Waals surface area contributed by atoms with E-state index in [0.717, 1.165) is 38.1 Å². The van der Waals surface area contributed by atoms with E-state index in [9.17, 15) is 23.1 Å². The number of halogens is 3. The molecule has 0 saturated carbocycles. The van der Waals surface area contributed by atoms with Crippen LogP contribution in [0.25, 0.3) is 0 Å². The molecular formula is C17H22F3N3O2. The van der Waals surface area contributed by atoms with Crippen molar-refractivity contribution in [3.05, 3.63) is 29.8 Å². The summed E-state index contributed by atoms with van der Waals surface area (Å²) in [6, 6.07) is 3.95. The Hall–Kier alpha value is -1.80. The Morgan fingerprint density at radius 1 is 1.16 bits per heavy atom. The van der Waals surface area contributed by atoms with Crippen molar-refractivity contribution in [3.63, 3.8) is 0 Å². The van der Waals surface area contributed by atoms with E-state index in [1.54, 1.807) is 0 Å². The van der Waals surface area contributed by atoms with Gasteiger partial charge in [0, 0.05) is 12.2 Å². The molecule has 0 unspecified atom stereocenters. The number of carbonyl (C=O) groups excluding carboxylic acids is 1. The highest BCUT2D eigenvalue weighted by Gasteiger charge is 2.38. The molecule has 2 saturated heterocycles. The van der Waals surface area contributed by atoms with E-state index < -0.39 is 23.9 Å². The highest BCUT2D eigenvalue weighted by atomic mass is 19.4. The number of amides is 2. The molecule has 0 bridgehead atoms. The van der Waals surface area contributed by atoms with Gasteiger partial charge in [0.15, 0.2) is 0 Å². The summed E-state index contributed by atoms with van der Waals surface area (Å²) in [5.74, 6) is 0. The number of aliphatic hydroxyl groups excluding tert-OH is 1. The van der Waals surface area contributed by atoms with Gasteiger partial charge in [-0.25, -0.2) is 4.79 Å². The van der Waals surface area contributed by atoms with Crippen LogP contribution >= 0.6 is 0 Å². The van der Waals surface area contributed by atoms with Crippen LogP contribution < -0.4 is 5.32 Å². The van der Waals surface area contributed by atoms with Gasteiger partial charge in [0.25, 0.3) is 0 Å². The molecule has 2 fully saturated rings. The molecule has 2 amide bonds. The summed E-state index contributed by atoms with van der Waals surface area (Å²) in [6.07, 6.45) is -1.74. The third-order valence-corrected chi connectivity index (χ3v) is 4.85. The number of carbonyl (C=O) groups is 1. The van der Waals surface area contributed by atoms with E-state index in [1.165, 1.54) is 23.5 Å². The molecule has 25 heavy (non-hydrogen) atoms. The van der Waals surface area contributed by atoms with Gasteiger partial charge in [-0.05, 0) is 44.1 Å². The monoisotopic (exact) mass is 357 g/mol. The predicted octanol–water partition coefficient (Wildman–Crippen LogP) is 2.77.